The number of nitrogens with zero attached hydrogens (tertiary/aromatic N) is 4. The number of amides is 1. The van der Waals surface area contributed by atoms with Gasteiger partial charge in [-0.3, -0.25) is 9.59 Å². The summed E-state index contributed by atoms with van der Waals surface area (Å²) in [4.78, 5) is 33.1. The van der Waals surface area contributed by atoms with Crippen molar-refractivity contribution >= 4 is 44.1 Å². The Morgan fingerprint density at radius 3 is 2.26 bits per heavy atom. The third kappa shape index (κ3) is 5.13. The van der Waals surface area contributed by atoms with Crippen molar-refractivity contribution in [2.75, 3.05) is 36.1 Å². The van der Waals surface area contributed by atoms with Gasteiger partial charge >= 0.3 is 6.18 Å². The van der Waals surface area contributed by atoms with E-state index in [-0.39, 0.29) is 29.7 Å². The van der Waals surface area contributed by atoms with Crippen LogP contribution < -0.4 is 15.8 Å². The molecule has 2 heterocycles. The summed E-state index contributed by atoms with van der Waals surface area (Å²) in [5, 5.41) is 0.458. The topological polar surface area (TPSA) is 82.8 Å². The summed E-state index contributed by atoms with van der Waals surface area (Å²) in [6.45, 7) is 2.59. The number of thiazole rings is 1. The highest BCUT2D eigenvalue weighted by Gasteiger charge is 2.46. The first-order valence-electron chi connectivity index (χ1n) is 10.6. The number of hydrazine groups is 1. The second-order valence-electron chi connectivity index (χ2n) is 7.88. The molecule has 3 aromatic rings. The van der Waals surface area contributed by atoms with Crippen LogP contribution in [-0.2, 0) is 9.59 Å². The second-order valence-corrected chi connectivity index (χ2v) is 8.89. The van der Waals surface area contributed by atoms with E-state index in [0.29, 0.717) is 28.3 Å². The first-order chi connectivity index (χ1) is 16.6. The Morgan fingerprint density at radius 2 is 1.66 bits per heavy atom. The highest BCUT2D eigenvalue weighted by molar-refractivity contribution is 7.22. The van der Waals surface area contributed by atoms with Gasteiger partial charge in [0.25, 0.3) is 11.7 Å². The van der Waals surface area contributed by atoms with E-state index >= 15 is 0 Å². The van der Waals surface area contributed by atoms with Gasteiger partial charge in [-0.15, -0.1) is 0 Å². The van der Waals surface area contributed by atoms with Crippen LogP contribution in [0.25, 0.3) is 10.2 Å². The number of ketones is 1. The minimum absolute atomic E-state index is 0.0300. The maximum absolute atomic E-state index is 13.5. The van der Waals surface area contributed by atoms with Crippen LogP contribution in [0.3, 0.4) is 0 Å². The summed E-state index contributed by atoms with van der Waals surface area (Å²) < 4.78 is 54.3. The molecular weight excluding hydrogens is 486 g/mol. The molecule has 1 aliphatic heterocycles. The van der Waals surface area contributed by atoms with Crippen LogP contribution in [0.4, 0.5) is 28.4 Å². The van der Waals surface area contributed by atoms with Crippen molar-refractivity contribution in [1.29, 1.82) is 0 Å². The first kappa shape index (κ1) is 24.6. The number of halogens is 4. The normalized spacial score (nSPS) is 15.3. The zero-order chi connectivity index (χ0) is 25.3. The molecule has 1 fully saturated rings. The molecule has 0 atom stereocenters. The number of carbonyl (C=O) groups is 2. The molecule has 184 valence electrons. The summed E-state index contributed by atoms with van der Waals surface area (Å²) in [7, 11) is 0. The maximum Gasteiger partial charge on any atom is 0.455 e. The van der Waals surface area contributed by atoms with E-state index in [1.165, 1.54) is 19.1 Å². The summed E-state index contributed by atoms with van der Waals surface area (Å²) in [5.74, 6) is 1.95. The number of alkyl halides is 3. The SMILES string of the molecule is C/C(=C(\C(=O)N(N)c1nc2ccccc2s1)C(=O)C(F)(F)F)N1CCN(c2ccc(F)cc2)CC1. The van der Waals surface area contributed by atoms with Crippen molar-refractivity contribution in [2.24, 2.45) is 5.84 Å². The molecule has 4 rings (SSSR count). The number of para-hydroxylation sites is 1. The predicted octanol–water partition coefficient (Wildman–Crippen LogP) is 3.87. The molecule has 35 heavy (non-hydrogen) atoms. The minimum Gasteiger partial charge on any atom is -0.371 e. The van der Waals surface area contributed by atoms with Gasteiger partial charge in [0.15, 0.2) is 0 Å². The Morgan fingerprint density at radius 1 is 1.03 bits per heavy atom. The molecule has 0 saturated carbocycles. The van der Waals surface area contributed by atoms with Crippen LogP contribution in [-0.4, -0.2) is 53.9 Å². The van der Waals surface area contributed by atoms with Crippen molar-refractivity contribution in [1.82, 2.24) is 9.88 Å². The number of allylic oxidation sites excluding steroid dienone is 1. The number of hydrogen-bond donors (Lipinski definition) is 1. The monoisotopic (exact) mass is 507 g/mol. The van der Waals surface area contributed by atoms with Gasteiger partial charge in [0.2, 0.25) is 5.13 Å². The van der Waals surface area contributed by atoms with Crippen molar-refractivity contribution in [3.05, 3.63) is 65.6 Å². The van der Waals surface area contributed by atoms with Gasteiger partial charge in [-0.2, -0.15) is 13.2 Å². The third-order valence-electron chi connectivity index (χ3n) is 5.71. The fourth-order valence-electron chi connectivity index (χ4n) is 3.84. The standard InChI is InChI=1S/C23H21F4N5O2S/c1-14(30-10-12-31(13-11-30)16-8-6-15(24)7-9-16)19(20(33)23(25,26)27)21(34)32(28)22-29-17-4-2-3-5-18(17)35-22/h2-9H,10-13,28H2,1H3/b19-14+. The summed E-state index contributed by atoms with van der Waals surface area (Å²) in [6.07, 6.45) is -5.27. The lowest BCUT2D eigenvalue weighted by molar-refractivity contribution is -0.167. The minimum atomic E-state index is -5.27. The predicted molar refractivity (Wildman–Crippen MR) is 125 cm³/mol. The molecule has 1 aromatic heterocycles. The van der Waals surface area contributed by atoms with E-state index in [0.717, 1.165) is 17.0 Å². The largest absolute Gasteiger partial charge is 0.455 e. The number of anilines is 2. The highest BCUT2D eigenvalue weighted by atomic mass is 32.1. The Balaban J connectivity index is 1.61. The molecule has 0 radical (unpaired) electrons. The van der Waals surface area contributed by atoms with Gasteiger partial charge in [-0.05, 0) is 43.3 Å². The number of aromatic nitrogens is 1. The van der Waals surface area contributed by atoms with Crippen molar-refractivity contribution in [2.45, 2.75) is 13.1 Å². The van der Waals surface area contributed by atoms with Crippen LogP contribution in [0.1, 0.15) is 6.92 Å². The van der Waals surface area contributed by atoms with Gasteiger partial charge in [-0.1, -0.05) is 23.5 Å². The van der Waals surface area contributed by atoms with Crippen molar-refractivity contribution < 1.29 is 27.2 Å². The molecule has 1 amide bonds. The van der Waals surface area contributed by atoms with Crippen LogP contribution >= 0.6 is 11.3 Å². The number of carbonyl (C=O) groups excluding carboxylic acids is 2. The number of nitrogens with two attached hydrogens (primary N) is 1. The Hall–Kier alpha value is -3.51. The Labute approximate surface area is 202 Å². The molecule has 0 spiro atoms. The number of fused-ring (bicyclic) bond motifs is 1. The second kappa shape index (κ2) is 9.62. The molecule has 7 nitrogen and oxygen atoms in total. The lowest BCUT2D eigenvalue weighted by atomic mass is 10.1. The third-order valence-corrected chi connectivity index (χ3v) is 6.75. The number of hydrogen-bond acceptors (Lipinski definition) is 7. The van der Waals surface area contributed by atoms with Gasteiger partial charge in [0.05, 0.1) is 10.2 Å². The fourth-order valence-corrected chi connectivity index (χ4v) is 4.73. The first-order valence-corrected chi connectivity index (χ1v) is 11.4. The molecule has 0 unspecified atom stereocenters. The van der Waals surface area contributed by atoms with E-state index in [2.05, 4.69) is 4.98 Å². The fraction of sp³-hybridized carbons (Fsp3) is 0.261. The molecule has 2 aromatic carbocycles. The average molecular weight is 508 g/mol. The van der Waals surface area contributed by atoms with E-state index in [1.54, 1.807) is 41.3 Å². The summed E-state index contributed by atoms with van der Waals surface area (Å²) in [5.41, 5.74) is 0.124. The zero-order valence-electron chi connectivity index (χ0n) is 18.6. The molecule has 0 aliphatic carbocycles. The summed E-state index contributed by atoms with van der Waals surface area (Å²) in [6, 6.07) is 12.8. The van der Waals surface area contributed by atoms with Gasteiger partial charge in [0, 0.05) is 37.6 Å². The number of rotatable bonds is 5. The molecule has 2 N–H and O–H groups in total. The Kier molecular flexibility index (Phi) is 6.77. The van der Waals surface area contributed by atoms with Crippen LogP contribution in [0.2, 0.25) is 0 Å². The molecule has 1 saturated heterocycles. The summed E-state index contributed by atoms with van der Waals surface area (Å²) >= 11 is 1.02. The van der Waals surface area contributed by atoms with Crippen LogP contribution in [0.5, 0.6) is 0 Å². The quantitative estimate of drug-likeness (QED) is 0.107. The van der Waals surface area contributed by atoms with E-state index in [4.69, 9.17) is 5.84 Å². The molecule has 12 heteroatoms. The van der Waals surface area contributed by atoms with Crippen LogP contribution in [0, 0.1) is 5.82 Å². The Bertz CT molecular complexity index is 1250. The van der Waals surface area contributed by atoms with Gasteiger partial charge < -0.3 is 9.80 Å². The van der Waals surface area contributed by atoms with E-state index in [9.17, 15) is 27.2 Å². The average Bonchev–Trinajstić information content (AvgIpc) is 3.28. The van der Waals surface area contributed by atoms with Gasteiger partial charge in [0.1, 0.15) is 11.4 Å². The van der Waals surface area contributed by atoms with Gasteiger partial charge in [-0.25, -0.2) is 20.2 Å². The van der Waals surface area contributed by atoms with E-state index < -0.39 is 23.4 Å². The van der Waals surface area contributed by atoms with E-state index in [1.807, 2.05) is 4.90 Å². The number of piperazine rings is 1. The van der Waals surface area contributed by atoms with Crippen molar-refractivity contribution in [3.63, 3.8) is 0 Å². The van der Waals surface area contributed by atoms with Crippen molar-refractivity contribution in [3.8, 4) is 0 Å². The number of benzene rings is 2. The molecular formula is C23H21F4N5O2S. The van der Waals surface area contributed by atoms with Crippen LogP contribution in [0.15, 0.2) is 59.8 Å². The lowest BCUT2D eigenvalue weighted by Gasteiger charge is -2.38. The highest BCUT2D eigenvalue weighted by Crippen LogP contribution is 2.31. The molecule has 0 bridgehead atoms. The molecule has 1 aliphatic rings. The number of Topliss-reactive ketones (excluding diaryl/α,β-unsaturated/α-hetero) is 1. The maximum atomic E-state index is 13.5. The zero-order valence-corrected chi connectivity index (χ0v) is 19.4. The lowest BCUT2D eigenvalue weighted by Crippen LogP contribution is -2.48. The smallest absolute Gasteiger partial charge is 0.371 e.